The fraction of sp³-hybridized carbons (Fsp3) is 0.143. The number of fused-ring (bicyclic) bond motifs is 1. The average Bonchev–Trinajstić information content (AvgIpc) is 2.96. The highest BCUT2D eigenvalue weighted by Gasteiger charge is 2.00. The van der Waals surface area contributed by atoms with Crippen molar-refractivity contribution in [2.45, 2.75) is 20.3 Å². The van der Waals surface area contributed by atoms with Crippen LogP contribution in [0.25, 0.3) is 12.2 Å². The van der Waals surface area contributed by atoms with Gasteiger partial charge < -0.3 is 0 Å². The van der Waals surface area contributed by atoms with Crippen LogP contribution in [0.15, 0.2) is 79.4 Å². The Hall–Kier alpha value is -2.34. The smallest absolute Gasteiger partial charge is 0.00882 e. The third-order valence-corrected chi connectivity index (χ3v) is 2.73. The van der Waals surface area contributed by atoms with Gasteiger partial charge in [-0.25, -0.2) is 0 Å². The molecule has 0 atom stereocenters. The molecule has 0 saturated carbocycles. The van der Waals surface area contributed by atoms with Crippen molar-refractivity contribution in [2.24, 2.45) is 0 Å². The van der Waals surface area contributed by atoms with Crippen molar-refractivity contribution in [3.05, 3.63) is 96.1 Å². The SMILES string of the molecule is C1=Cc2ccccc2C1.C=C(C)C.C=Cc1ccccc1. The highest BCUT2D eigenvalue weighted by atomic mass is 14.0. The van der Waals surface area contributed by atoms with E-state index < -0.39 is 0 Å². The zero-order valence-electron chi connectivity index (χ0n) is 13.0. The van der Waals surface area contributed by atoms with Crippen molar-refractivity contribution in [1.82, 2.24) is 0 Å². The van der Waals surface area contributed by atoms with Gasteiger partial charge in [0, 0.05) is 0 Å². The summed E-state index contributed by atoms with van der Waals surface area (Å²) in [6, 6.07) is 18.5. The Labute approximate surface area is 129 Å². The molecule has 108 valence electrons. The summed E-state index contributed by atoms with van der Waals surface area (Å²) in [6.07, 6.45) is 7.33. The molecule has 0 nitrogen and oxygen atoms in total. The van der Waals surface area contributed by atoms with E-state index in [0.29, 0.717) is 0 Å². The number of benzene rings is 2. The van der Waals surface area contributed by atoms with Crippen molar-refractivity contribution >= 4 is 12.2 Å². The molecule has 0 heteroatoms. The maximum absolute atomic E-state index is 3.63. The average molecular weight is 276 g/mol. The molecule has 0 bridgehead atoms. The quantitative estimate of drug-likeness (QED) is 0.546. The fourth-order valence-electron chi connectivity index (χ4n) is 1.78. The second-order valence-corrected chi connectivity index (χ2v) is 5.13. The molecule has 2 aromatic carbocycles. The second-order valence-electron chi connectivity index (χ2n) is 5.13. The summed E-state index contributed by atoms with van der Waals surface area (Å²) in [7, 11) is 0. The maximum atomic E-state index is 3.63. The molecule has 0 N–H and O–H groups in total. The molecule has 0 fully saturated rings. The normalized spacial score (nSPS) is 10.4. The molecule has 0 spiro atoms. The third kappa shape index (κ3) is 7.12. The third-order valence-electron chi connectivity index (χ3n) is 2.73. The molecule has 3 rings (SSSR count). The first-order chi connectivity index (χ1) is 10.1. The Balaban J connectivity index is 0.000000171. The van der Waals surface area contributed by atoms with E-state index in [1.54, 1.807) is 0 Å². The molecule has 0 radical (unpaired) electrons. The van der Waals surface area contributed by atoms with E-state index in [1.807, 2.05) is 50.3 Å². The van der Waals surface area contributed by atoms with Crippen LogP contribution in [0.1, 0.15) is 30.5 Å². The minimum Gasteiger partial charge on any atom is -0.100 e. The fourth-order valence-corrected chi connectivity index (χ4v) is 1.78. The lowest BCUT2D eigenvalue weighted by Gasteiger charge is -1.93. The molecule has 21 heavy (non-hydrogen) atoms. The van der Waals surface area contributed by atoms with E-state index in [4.69, 9.17) is 0 Å². The van der Waals surface area contributed by atoms with Crippen LogP contribution in [-0.2, 0) is 6.42 Å². The van der Waals surface area contributed by atoms with Crippen LogP contribution < -0.4 is 0 Å². The van der Waals surface area contributed by atoms with Gasteiger partial charge in [-0.05, 0) is 37.0 Å². The highest BCUT2D eigenvalue weighted by molar-refractivity contribution is 5.59. The molecular formula is C21H24. The highest BCUT2D eigenvalue weighted by Crippen LogP contribution is 2.17. The topological polar surface area (TPSA) is 0 Å². The molecule has 0 heterocycles. The Bertz CT molecular complexity index is 584. The summed E-state index contributed by atoms with van der Waals surface area (Å²) >= 11 is 0. The molecule has 0 saturated heterocycles. The molecule has 0 aliphatic heterocycles. The van der Waals surface area contributed by atoms with E-state index >= 15 is 0 Å². The Morgan fingerprint density at radius 3 is 2.05 bits per heavy atom. The first kappa shape index (κ1) is 16.7. The van der Waals surface area contributed by atoms with Gasteiger partial charge in [-0.15, -0.1) is 6.58 Å². The van der Waals surface area contributed by atoms with Gasteiger partial charge in [-0.1, -0.05) is 85.0 Å². The monoisotopic (exact) mass is 276 g/mol. The predicted octanol–water partition coefficient (Wildman–Crippen LogP) is 6.17. The largest absolute Gasteiger partial charge is 0.100 e. The molecule has 2 aromatic rings. The van der Waals surface area contributed by atoms with Gasteiger partial charge in [-0.3, -0.25) is 0 Å². The standard InChI is InChI=1S/C9H8.C8H8.C4H8/c1-2-5-9-7-3-6-8(9)4-1;1-2-8-6-4-3-5-7-8;1-4(2)3/h1-6H,7H2;2-7H,1H2;1H2,2-3H3. The van der Waals surface area contributed by atoms with Crippen LogP contribution in [0, 0.1) is 0 Å². The number of hydrogen-bond donors (Lipinski definition) is 0. The predicted molar refractivity (Wildman–Crippen MR) is 96.2 cm³/mol. The molecule has 0 amide bonds. The maximum Gasteiger partial charge on any atom is -0.00882 e. The van der Waals surface area contributed by atoms with Crippen LogP contribution in [0.5, 0.6) is 0 Å². The van der Waals surface area contributed by atoms with Gasteiger partial charge in [0.2, 0.25) is 0 Å². The van der Waals surface area contributed by atoms with Crippen molar-refractivity contribution in [1.29, 1.82) is 0 Å². The second kappa shape index (κ2) is 9.55. The van der Waals surface area contributed by atoms with E-state index in [0.717, 1.165) is 6.42 Å². The van der Waals surface area contributed by atoms with Gasteiger partial charge >= 0.3 is 0 Å². The zero-order valence-corrected chi connectivity index (χ0v) is 13.0. The summed E-state index contributed by atoms with van der Waals surface area (Å²) in [5.74, 6) is 0. The molecule has 0 unspecified atom stereocenters. The van der Waals surface area contributed by atoms with Crippen LogP contribution in [0.3, 0.4) is 0 Å². The number of allylic oxidation sites excluding steroid dienone is 2. The Kier molecular flexibility index (Phi) is 7.60. The molecule has 1 aliphatic carbocycles. The van der Waals surface area contributed by atoms with Gasteiger partial charge in [0.15, 0.2) is 0 Å². The summed E-state index contributed by atoms with van der Waals surface area (Å²) < 4.78 is 0. The van der Waals surface area contributed by atoms with Crippen molar-refractivity contribution in [2.75, 3.05) is 0 Å². The van der Waals surface area contributed by atoms with Crippen molar-refractivity contribution in [3.8, 4) is 0 Å². The molecule has 0 aromatic heterocycles. The van der Waals surface area contributed by atoms with E-state index in [2.05, 4.69) is 49.6 Å². The van der Waals surface area contributed by atoms with E-state index in [1.165, 1.54) is 22.3 Å². The van der Waals surface area contributed by atoms with Crippen LogP contribution in [0.4, 0.5) is 0 Å². The van der Waals surface area contributed by atoms with Gasteiger partial charge in [0.05, 0.1) is 0 Å². The lowest BCUT2D eigenvalue weighted by Crippen LogP contribution is -1.76. The van der Waals surface area contributed by atoms with Crippen LogP contribution >= 0.6 is 0 Å². The van der Waals surface area contributed by atoms with Gasteiger partial charge in [0.25, 0.3) is 0 Å². The minimum absolute atomic E-state index is 1.12. The van der Waals surface area contributed by atoms with E-state index in [-0.39, 0.29) is 0 Å². The Morgan fingerprint density at radius 1 is 0.952 bits per heavy atom. The zero-order chi connectivity index (χ0) is 15.5. The van der Waals surface area contributed by atoms with Crippen LogP contribution in [-0.4, -0.2) is 0 Å². The van der Waals surface area contributed by atoms with Gasteiger partial charge in [-0.2, -0.15) is 0 Å². The summed E-state index contributed by atoms with van der Waals surface area (Å²) in [5, 5.41) is 0. The van der Waals surface area contributed by atoms with Crippen LogP contribution in [0.2, 0.25) is 0 Å². The van der Waals surface area contributed by atoms with Gasteiger partial charge in [0.1, 0.15) is 0 Å². The number of hydrogen-bond acceptors (Lipinski definition) is 0. The molecular weight excluding hydrogens is 252 g/mol. The summed E-state index contributed by atoms with van der Waals surface area (Å²) in [5.41, 5.74) is 5.18. The van der Waals surface area contributed by atoms with E-state index in [9.17, 15) is 0 Å². The lowest BCUT2D eigenvalue weighted by atomic mass is 10.1. The van der Waals surface area contributed by atoms with Crippen molar-refractivity contribution < 1.29 is 0 Å². The van der Waals surface area contributed by atoms with Crippen molar-refractivity contribution in [3.63, 3.8) is 0 Å². The first-order valence-electron chi connectivity index (χ1n) is 7.17. The minimum atomic E-state index is 1.12. The number of rotatable bonds is 1. The first-order valence-corrected chi connectivity index (χ1v) is 7.17. The lowest BCUT2D eigenvalue weighted by molar-refractivity contribution is 1.31. The summed E-state index contributed by atoms with van der Waals surface area (Å²) in [6.45, 7) is 11.1. The Morgan fingerprint density at radius 2 is 1.52 bits per heavy atom. The summed E-state index contributed by atoms with van der Waals surface area (Å²) in [4.78, 5) is 0. The molecule has 1 aliphatic rings.